The second-order valence-electron chi connectivity index (χ2n) is 4.06. The van der Waals surface area contributed by atoms with Crippen LogP contribution in [0.4, 0.5) is 0 Å². The highest BCUT2D eigenvalue weighted by atomic mass is 79.9. The minimum atomic E-state index is -0.496. The van der Waals surface area contributed by atoms with E-state index in [2.05, 4.69) is 21.2 Å². The van der Waals surface area contributed by atoms with E-state index in [1.54, 1.807) is 0 Å². The smallest absolute Gasteiger partial charge is 0.252 e. The number of nitrogens with one attached hydrogen (secondary N) is 1. The van der Waals surface area contributed by atoms with Crippen LogP contribution in [0.15, 0.2) is 30.3 Å². The zero-order valence-corrected chi connectivity index (χ0v) is 11.6. The molecular weight excluding hydrogens is 298 g/mol. The Morgan fingerprint density at radius 1 is 1.39 bits per heavy atom. The molecule has 1 amide bonds. The maximum absolute atomic E-state index is 12.0. The molecule has 98 valence electrons. The van der Waals surface area contributed by atoms with E-state index in [0.717, 1.165) is 5.56 Å². The van der Waals surface area contributed by atoms with Gasteiger partial charge in [-0.2, -0.15) is 0 Å². The third-order valence-electron chi connectivity index (χ3n) is 2.78. The van der Waals surface area contributed by atoms with Gasteiger partial charge >= 0.3 is 0 Å². The number of alkyl halides is 1. The average molecular weight is 314 g/mol. The monoisotopic (exact) mass is 313 g/mol. The summed E-state index contributed by atoms with van der Waals surface area (Å²) in [6, 6.07) is 9.79. The highest BCUT2D eigenvalue weighted by Crippen LogP contribution is 2.15. The lowest BCUT2D eigenvalue weighted by molar-refractivity contribution is -0.148. The summed E-state index contributed by atoms with van der Waals surface area (Å²) < 4.78 is 10.6. The number of ether oxygens (including phenoxy) is 2. The molecule has 0 saturated carbocycles. The Bertz CT molecular complexity index is 379. The highest BCUT2D eigenvalue weighted by Gasteiger charge is 2.24. The average Bonchev–Trinajstić information content (AvgIpc) is 2.46. The van der Waals surface area contributed by atoms with Crippen molar-refractivity contribution in [3.05, 3.63) is 35.9 Å². The number of halogens is 1. The van der Waals surface area contributed by atoms with Crippen molar-refractivity contribution in [3.63, 3.8) is 0 Å². The molecule has 1 saturated heterocycles. The van der Waals surface area contributed by atoms with Crippen molar-refractivity contribution in [2.24, 2.45) is 0 Å². The number of hydrogen-bond donors (Lipinski definition) is 1. The molecule has 5 heteroatoms. The van der Waals surface area contributed by atoms with Gasteiger partial charge in [0.05, 0.1) is 25.9 Å². The van der Waals surface area contributed by atoms with E-state index >= 15 is 0 Å². The predicted octanol–water partition coefficient (Wildman–Crippen LogP) is 1.65. The Hall–Kier alpha value is -0.910. The van der Waals surface area contributed by atoms with Crippen LogP contribution in [-0.2, 0) is 14.3 Å². The van der Waals surface area contributed by atoms with Gasteiger partial charge in [-0.25, -0.2) is 0 Å². The number of amides is 1. The lowest BCUT2D eigenvalue weighted by atomic mass is 10.1. The van der Waals surface area contributed by atoms with Gasteiger partial charge in [-0.05, 0) is 5.56 Å². The molecule has 1 aromatic rings. The Balaban J connectivity index is 1.95. The topological polar surface area (TPSA) is 47.6 Å². The van der Waals surface area contributed by atoms with Crippen molar-refractivity contribution >= 4 is 21.8 Å². The predicted molar refractivity (Wildman–Crippen MR) is 71.7 cm³/mol. The zero-order chi connectivity index (χ0) is 12.8. The number of carbonyl (C=O) groups is 1. The molecule has 2 unspecified atom stereocenters. The standard InChI is InChI=1S/C13H16BrNO3/c14-8-11(10-4-2-1-3-5-10)15-13(16)12-9-17-6-7-18-12/h1-5,11-12H,6-9H2,(H,15,16). The number of carbonyl (C=O) groups excluding carboxylic acids is 1. The maximum Gasteiger partial charge on any atom is 0.252 e. The van der Waals surface area contributed by atoms with Crippen molar-refractivity contribution in [2.45, 2.75) is 12.1 Å². The molecule has 1 heterocycles. The Labute approximate surface area is 115 Å². The van der Waals surface area contributed by atoms with E-state index in [-0.39, 0.29) is 11.9 Å². The molecule has 1 aliphatic heterocycles. The van der Waals surface area contributed by atoms with Crippen LogP contribution in [-0.4, -0.2) is 37.2 Å². The van der Waals surface area contributed by atoms with Gasteiger partial charge in [0.15, 0.2) is 6.10 Å². The van der Waals surface area contributed by atoms with Gasteiger partial charge in [0, 0.05) is 5.33 Å². The first-order chi connectivity index (χ1) is 8.81. The fourth-order valence-electron chi connectivity index (χ4n) is 1.80. The van der Waals surface area contributed by atoms with E-state index in [0.29, 0.717) is 25.2 Å². The minimum Gasteiger partial charge on any atom is -0.376 e. The van der Waals surface area contributed by atoms with Gasteiger partial charge in [-0.3, -0.25) is 4.79 Å². The van der Waals surface area contributed by atoms with Gasteiger partial charge in [0.25, 0.3) is 5.91 Å². The Morgan fingerprint density at radius 2 is 2.17 bits per heavy atom. The summed E-state index contributed by atoms with van der Waals surface area (Å²) in [4.78, 5) is 12.0. The van der Waals surface area contributed by atoms with E-state index in [4.69, 9.17) is 9.47 Å². The quantitative estimate of drug-likeness (QED) is 0.860. The molecule has 0 spiro atoms. The normalized spacial score (nSPS) is 21.3. The van der Waals surface area contributed by atoms with Crippen molar-refractivity contribution in [1.29, 1.82) is 0 Å². The van der Waals surface area contributed by atoms with E-state index in [1.807, 2.05) is 30.3 Å². The van der Waals surface area contributed by atoms with Crippen molar-refractivity contribution in [1.82, 2.24) is 5.32 Å². The molecule has 2 atom stereocenters. The van der Waals surface area contributed by atoms with Gasteiger partial charge in [0.1, 0.15) is 0 Å². The second kappa shape index (κ2) is 6.87. The van der Waals surface area contributed by atoms with Crippen LogP contribution in [0, 0.1) is 0 Å². The van der Waals surface area contributed by atoms with Crippen LogP contribution in [0.2, 0.25) is 0 Å². The fraction of sp³-hybridized carbons (Fsp3) is 0.462. The minimum absolute atomic E-state index is 0.0516. The SMILES string of the molecule is O=C(NC(CBr)c1ccccc1)C1COCCO1. The summed E-state index contributed by atoms with van der Waals surface area (Å²) in [5.74, 6) is -0.122. The number of rotatable bonds is 4. The van der Waals surface area contributed by atoms with Crippen molar-refractivity contribution in [3.8, 4) is 0 Å². The third kappa shape index (κ3) is 3.54. The van der Waals surface area contributed by atoms with Gasteiger partial charge < -0.3 is 14.8 Å². The third-order valence-corrected chi connectivity index (χ3v) is 3.43. The molecule has 1 fully saturated rings. The fourth-order valence-corrected chi connectivity index (χ4v) is 2.34. The van der Waals surface area contributed by atoms with E-state index < -0.39 is 6.10 Å². The van der Waals surface area contributed by atoms with Crippen LogP contribution in [0.1, 0.15) is 11.6 Å². The number of hydrogen-bond acceptors (Lipinski definition) is 3. The summed E-state index contributed by atoms with van der Waals surface area (Å²) in [5, 5.41) is 3.62. The second-order valence-corrected chi connectivity index (χ2v) is 4.71. The summed E-state index contributed by atoms with van der Waals surface area (Å²) in [6.45, 7) is 1.36. The summed E-state index contributed by atoms with van der Waals surface area (Å²) in [7, 11) is 0. The molecule has 0 aliphatic carbocycles. The first-order valence-corrected chi connectivity index (χ1v) is 7.04. The van der Waals surface area contributed by atoms with Crippen LogP contribution in [0.25, 0.3) is 0 Å². The van der Waals surface area contributed by atoms with E-state index in [9.17, 15) is 4.79 Å². The number of benzene rings is 1. The van der Waals surface area contributed by atoms with E-state index in [1.165, 1.54) is 0 Å². The molecule has 0 aromatic heterocycles. The van der Waals surface area contributed by atoms with Gasteiger partial charge in [-0.1, -0.05) is 46.3 Å². The molecule has 1 aromatic carbocycles. The summed E-state index contributed by atoms with van der Waals surface area (Å²) in [5.41, 5.74) is 1.07. The van der Waals surface area contributed by atoms with Crippen molar-refractivity contribution < 1.29 is 14.3 Å². The first kappa shape index (κ1) is 13.5. The maximum atomic E-state index is 12.0. The lowest BCUT2D eigenvalue weighted by Crippen LogP contribution is -2.44. The van der Waals surface area contributed by atoms with Crippen molar-refractivity contribution in [2.75, 3.05) is 25.2 Å². The van der Waals surface area contributed by atoms with Crippen LogP contribution in [0.5, 0.6) is 0 Å². The highest BCUT2D eigenvalue weighted by molar-refractivity contribution is 9.09. The van der Waals surface area contributed by atoms with Crippen LogP contribution < -0.4 is 5.32 Å². The molecule has 1 N–H and O–H groups in total. The summed E-state index contributed by atoms with van der Waals surface area (Å²) >= 11 is 3.42. The molecule has 0 radical (unpaired) electrons. The molecule has 18 heavy (non-hydrogen) atoms. The molecule has 0 bridgehead atoms. The molecule has 1 aliphatic rings. The largest absolute Gasteiger partial charge is 0.376 e. The zero-order valence-electron chi connectivity index (χ0n) is 9.97. The Kier molecular flexibility index (Phi) is 5.16. The van der Waals surface area contributed by atoms with Crippen LogP contribution in [0.3, 0.4) is 0 Å². The lowest BCUT2D eigenvalue weighted by Gasteiger charge is -2.24. The first-order valence-electron chi connectivity index (χ1n) is 5.92. The molecule has 2 rings (SSSR count). The summed E-state index contributed by atoms with van der Waals surface area (Å²) in [6.07, 6.45) is -0.496. The van der Waals surface area contributed by atoms with Crippen LogP contribution >= 0.6 is 15.9 Å². The Morgan fingerprint density at radius 3 is 2.78 bits per heavy atom. The van der Waals surface area contributed by atoms with Gasteiger partial charge in [0.2, 0.25) is 0 Å². The molecular formula is C13H16BrNO3. The van der Waals surface area contributed by atoms with Gasteiger partial charge in [-0.15, -0.1) is 0 Å². The molecule has 4 nitrogen and oxygen atoms in total.